The minimum atomic E-state index is -0.402. The maximum atomic E-state index is 11.1. The van der Waals surface area contributed by atoms with Crippen LogP contribution >= 0.6 is 11.3 Å². The molecule has 0 saturated heterocycles. The summed E-state index contributed by atoms with van der Waals surface area (Å²) < 4.78 is 0. The highest BCUT2D eigenvalue weighted by Gasteiger charge is 2.09. The standard InChI is InChI=1S/C15H18N2OS/c1-3-13-7-8-14(19-13)10(2)17-12-6-4-5-11(9-12)15(16)18/h4-10,17H,3H2,1-2H3,(H2,16,18). The maximum absolute atomic E-state index is 11.1. The fraction of sp³-hybridized carbons (Fsp3) is 0.267. The van der Waals surface area contributed by atoms with E-state index in [1.54, 1.807) is 12.1 Å². The summed E-state index contributed by atoms with van der Waals surface area (Å²) in [4.78, 5) is 13.8. The number of rotatable bonds is 5. The smallest absolute Gasteiger partial charge is 0.248 e. The molecule has 0 spiro atoms. The molecule has 3 N–H and O–H groups in total. The van der Waals surface area contributed by atoms with Crippen LogP contribution < -0.4 is 11.1 Å². The Morgan fingerprint density at radius 2 is 2.16 bits per heavy atom. The highest BCUT2D eigenvalue weighted by atomic mass is 32.1. The molecule has 1 atom stereocenters. The Morgan fingerprint density at radius 3 is 2.79 bits per heavy atom. The molecule has 0 radical (unpaired) electrons. The first kappa shape index (κ1) is 13.6. The van der Waals surface area contributed by atoms with E-state index in [2.05, 4.69) is 31.3 Å². The number of carbonyl (C=O) groups excluding carboxylic acids is 1. The van der Waals surface area contributed by atoms with Crippen molar-refractivity contribution in [1.82, 2.24) is 0 Å². The Morgan fingerprint density at radius 1 is 1.37 bits per heavy atom. The summed E-state index contributed by atoms with van der Waals surface area (Å²) in [6.07, 6.45) is 1.06. The number of hydrogen-bond acceptors (Lipinski definition) is 3. The first-order valence-corrected chi connectivity index (χ1v) is 7.16. The Kier molecular flexibility index (Phi) is 4.22. The van der Waals surface area contributed by atoms with Crippen LogP contribution in [0.15, 0.2) is 36.4 Å². The van der Waals surface area contributed by atoms with Gasteiger partial charge in [0, 0.05) is 21.0 Å². The van der Waals surface area contributed by atoms with E-state index in [1.807, 2.05) is 23.5 Å². The minimum Gasteiger partial charge on any atom is -0.378 e. The van der Waals surface area contributed by atoms with Gasteiger partial charge in [0.25, 0.3) is 0 Å². The minimum absolute atomic E-state index is 0.216. The van der Waals surface area contributed by atoms with Gasteiger partial charge in [0.05, 0.1) is 6.04 Å². The Labute approximate surface area is 117 Å². The van der Waals surface area contributed by atoms with Crippen molar-refractivity contribution < 1.29 is 4.79 Å². The van der Waals surface area contributed by atoms with Crippen LogP contribution in [0, 0.1) is 0 Å². The van der Waals surface area contributed by atoms with Gasteiger partial charge in [0.2, 0.25) is 5.91 Å². The number of thiophene rings is 1. The van der Waals surface area contributed by atoms with Gasteiger partial charge in [0.15, 0.2) is 0 Å². The van der Waals surface area contributed by atoms with Crippen molar-refractivity contribution >= 4 is 22.9 Å². The van der Waals surface area contributed by atoms with Crippen LogP contribution in [0.5, 0.6) is 0 Å². The van der Waals surface area contributed by atoms with E-state index in [0.717, 1.165) is 12.1 Å². The van der Waals surface area contributed by atoms with Crippen LogP contribution in [0.4, 0.5) is 5.69 Å². The number of benzene rings is 1. The van der Waals surface area contributed by atoms with Crippen LogP contribution in [0.2, 0.25) is 0 Å². The molecule has 0 aliphatic carbocycles. The second kappa shape index (κ2) is 5.89. The van der Waals surface area contributed by atoms with Crippen molar-refractivity contribution in [1.29, 1.82) is 0 Å². The van der Waals surface area contributed by atoms with Crippen molar-refractivity contribution in [2.45, 2.75) is 26.3 Å². The van der Waals surface area contributed by atoms with Gasteiger partial charge < -0.3 is 11.1 Å². The summed E-state index contributed by atoms with van der Waals surface area (Å²) in [5, 5.41) is 3.39. The lowest BCUT2D eigenvalue weighted by atomic mass is 10.1. The SMILES string of the molecule is CCc1ccc(C(C)Nc2cccc(C(N)=O)c2)s1. The van der Waals surface area contributed by atoms with Crippen LogP contribution in [-0.2, 0) is 6.42 Å². The molecule has 0 aliphatic heterocycles. The maximum Gasteiger partial charge on any atom is 0.248 e. The highest BCUT2D eigenvalue weighted by molar-refractivity contribution is 7.12. The molecule has 4 heteroatoms. The summed E-state index contributed by atoms with van der Waals surface area (Å²) in [6.45, 7) is 4.27. The second-order valence-electron chi connectivity index (χ2n) is 4.47. The van der Waals surface area contributed by atoms with E-state index in [0.29, 0.717) is 5.56 Å². The highest BCUT2D eigenvalue weighted by Crippen LogP contribution is 2.26. The van der Waals surface area contributed by atoms with Gasteiger partial charge in [-0.3, -0.25) is 4.79 Å². The van der Waals surface area contributed by atoms with E-state index in [-0.39, 0.29) is 6.04 Å². The number of nitrogens with two attached hydrogens (primary N) is 1. The Bertz CT molecular complexity index is 577. The molecule has 0 saturated carbocycles. The molecular weight excluding hydrogens is 256 g/mol. The molecular formula is C15H18N2OS. The molecule has 1 heterocycles. The quantitative estimate of drug-likeness (QED) is 0.875. The number of primary amides is 1. The summed E-state index contributed by atoms with van der Waals surface area (Å²) in [7, 11) is 0. The normalized spacial score (nSPS) is 12.1. The first-order valence-electron chi connectivity index (χ1n) is 6.35. The van der Waals surface area contributed by atoms with Crippen LogP contribution in [-0.4, -0.2) is 5.91 Å². The third kappa shape index (κ3) is 3.35. The lowest BCUT2D eigenvalue weighted by molar-refractivity contribution is 0.100. The van der Waals surface area contributed by atoms with E-state index in [4.69, 9.17) is 5.73 Å². The molecule has 2 rings (SSSR count). The summed E-state index contributed by atoms with van der Waals surface area (Å²) >= 11 is 1.82. The van der Waals surface area contributed by atoms with Crippen LogP contribution in [0.1, 0.15) is 40.0 Å². The second-order valence-corrected chi connectivity index (χ2v) is 5.67. The number of aryl methyl sites for hydroxylation is 1. The van der Waals surface area contributed by atoms with Gasteiger partial charge in [-0.05, 0) is 43.7 Å². The average molecular weight is 274 g/mol. The zero-order chi connectivity index (χ0) is 13.8. The van der Waals surface area contributed by atoms with Crippen molar-refractivity contribution in [3.8, 4) is 0 Å². The fourth-order valence-corrected chi connectivity index (χ4v) is 2.86. The van der Waals surface area contributed by atoms with E-state index >= 15 is 0 Å². The monoisotopic (exact) mass is 274 g/mol. The van der Waals surface area contributed by atoms with E-state index in [1.165, 1.54) is 9.75 Å². The molecule has 100 valence electrons. The zero-order valence-electron chi connectivity index (χ0n) is 11.1. The Hall–Kier alpha value is -1.81. The van der Waals surface area contributed by atoms with Gasteiger partial charge in [0.1, 0.15) is 0 Å². The fourth-order valence-electron chi connectivity index (χ4n) is 1.90. The first-order chi connectivity index (χ1) is 9.10. The molecule has 2 aromatic rings. The average Bonchev–Trinajstić information content (AvgIpc) is 2.88. The van der Waals surface area contributed by atoms with Crippen molar-refractivity contribution in [2.75, 3.05) is 5.32 Å². The van der Waals surface area contributed by atoms with Gasteiger partial charge in [-0.15, -0.1) is 11.3 Å². The van der Waals surface area contributed by atoms with Gasteiger partial charge in [-0.1, -0.05) is 13.0 Å². The van der Waals surface area contributed by atoms with Gasteiger partial charge in [-0.25, -0.2) is 0 Å². The third-order valence-electron chi connectivity index (χ3n) is 2.99. The van der Waals surface area contributed by atoms with Gasteiger partial charge >= 0.3 is 0 Å². The molecule has 1 aromatic heterocycles. The van der Waals surface area contributed by atoms with Crippen LogP contribution in [0.3, 0.4) is 0 Å². The predicted molar refractivity (Wildman–Crippen MR) is 80.7 cm³/mol. The van der Waals surface area contributed by atoms with Crippen molar-refractivity contribution in [3.05, 3.63) is 51.7 Å². The lowest BCUT2D eigenvalue weighted by Gasteiger charge is -2.14. The molecule has 1 amide bonds. The lowest BCUT2D eigenvalue weighted by Crippen LogP contribution is -2.12. The molecule has 0 aliphatic rings. The van der Waals surface area contributed by atoms with Crippen molar-refractivity contribution in [2.24, 2.45) is 5.73 Å². The summed E-state index contributed by atoms with van der Waals surface area (Å²) in [6, 6.07) is 11.8. The number of amides is 1. The molecule has 0 fully saturated rings. The molecule has 0 bridgehead atoms. The number of anilines is 1. The van der Waals surface area contributed by atoms with Crippen LogP contribution in [0.25, 0.3) is 0 Å². The Balaban J connectivity index is 2.12. The van der Waals surface area contributed by atoms with Crippen molar-refractivity contribution in [3.63, 3.8) is 0 Å². The topological polar surface area (TPSA) is 55.1 Å². The number of carbonyl (C=O) groups is 1. The number of nitrogens with one attached hydrogen (secondary N) is 1. The third-order valence-corrected chi connectivity index (χ3v) is 4.40. The molecule has 1 unspecified atom stereocenters. The summed E-state index contributed by atoms with van der Waals surface area (Å²) in [5.41, 5.74) is 6.72. The molecule has 3 nitrogen and oxygen atoms in total. The molecule has 19 heavy (non-hydrogen) atoms. The van der Waals surface area contributed by atoms with E-state index < -0.39 is 5.91 Å². The largest absolute Gasteiger partial charge is 0.378 e. The zero-order valence-corrected chi connectivity index (χ0v) is 12.0. The summed E-state index contributed by atoms with van der Waals surface area (Å²) in [5.74, 6) is -0.402. The molecule has 1 aromatic carbocycles. The van der Waals surface area contributed by atoms with Gasteiger partial charge in [-0.2, -0.15) is 0 Å². The van der Waals surface area contributed by atoms with E-state index in [9.17, 15) is 4.79 Å². The number of hydrogen-bond donors (Lipinski definition) is 2. The predicted octanol–water partition coefficient (Wildman–Crippen LogP) is 3.58.